The lowest BCUT2D eigenvalue weighted by Gasteiger charge is -2.36. The molecule has 1 atom stereocenters. The van der Waals surface area contributed by atoms with Crippen LogP contribution in [-0.4, -0.2) is 37.3 Å². The Hall–Kier alpha value is -3.11. The van der Waals surface area contributed by atoms with Gasteiger partial charge < -0.3 is 14.4 Å². The van der Waals surface area contributed by atoms with E-state index in [1.54, 1.807) is 11.9 Å². The maximum Gasteiger partial charge on any atom is 0.410 e. The zero-order valence-corrected chi connectivity index (χ0v) is 15.8. The molecule has 142 valence electrons. The fourth-order valence-corrected chi connectivity index (χ4v) is 3.72. The first-order valence-corrected chi connectivity index (χ1v) is 9.42. The van der Waals surface area contributed by atoms with Gasteiger partial charge in [0.05, 0.1) is 13.2 Å². The zero-order chi connectivity index (χ0) is 19.4. The summed E-state index contributed by atoms with van der Waals surface area (Å²) < 4.78 is 12.1. The number of rotatable bonds is 6. The lowest BCUT2D eigenvalue weighted by molar-refractivity contribution is -0.0298. The number of hydrogen-bond donors (Lipinski definition) is 0. The van der Waals surface area contributed by atoms with Crippen LogP contribution in [0.4, 0.5) is 4.79 Å². The molecule has 3 aromatic carbocycles. The summed E-state index contributed by atoms with van der Waals surface area (Å²) in [6.07, 6.45) is -0.605. The summed E-state index contributed by atoms with van der Waals surface area (Å²) in [5.74, 6) is 0. The lowest BCUT2D eigenvalue weighted by atomic mass is 9.80. The molecule has 0 unspecified atom stereocenters. The average molecular weight is 373 g/mol. The van der Waals surface area contributed by atoms with Crippen molar-refractivity contribution in [3.63, 3.8) is 0 Å². The van der Waals surface area contributed by atoms with Crippen LogP contribution in [0.25, 0.3) is 0 Å². The van der Waals surface area contributed by atoms with Gasteiger partial charge in [-0.2, -0.15) is 0 Å². The molecular formula is C24H23NO3. The van der Waals surface area contributed by atoms with Crippen LogP contribution in [0.1, 0.15) is 16.7 Å². The molecule has 4 nitrogen and oxygen atoms in total. The average Bonchev–Trinajstić information content (AvgIpc) is 3.08. The largest absolute Gasteiger partial charge is 0.442 e. The smallest absolute Gasteiger partial charge is 0.410 e. The van der Waals surface area contributed by atoms with Gasteiger partial charge in [-0.1, -0.05) is 91.0 Å². The molecule has 1 aliphatic rings. The molecule has 0 radical (unpaired) electrons. The Labute approximate surface area is 165 Å². The maximum absolute atomic E-state index is 11.8. The van der Waals surface area contributed by atoms with Crippen molar-refractivity contribution in [3.05, 3.63) is 108 Å². The Kier molecular flexibility index (Phi) is 5.13. The van der Waals surface area contributed by atoms with Crippen LogP contribution in [-0.2, 0) is 15.1 Å². The summed E-state index contributed by atoms with van der Waals surface area (Å²) in [6.45, 7) is 0.821. The number of amides is 1. The molecule has 0 saturated carbocycles. The number of ether oxygens (including phenoxy) is 2. The molecule has 4 rings (SSSR count). The van der Waals surface area contributed by atoms with Crippen LogP contribution in [0.5, 0.6) is 0 Å². The van der Waals surface area contributed by atoms with Crippen molar-refractivity contribution in [1.82, 2.24) is 4.90 Å². The minimum absolute atomic E-state index is 0.298. The molecular weight excluding hydrogens is 350 g/mol. The zero-order valence-electron chi connectivity index (χ0n) is 15.8. The second-order valence-electron chi connectivity index (χ2n) is 6.98. The van der Waals surface area contributed by atoms with Crippen molar-refractivity contribution < 1.29 is 14.3 Å². The van der Waals surface area contributed by atoms with Crippen molar-refractivity contribution in [2.24, 2.45) is 0 Å². The second kappa shape index (κ2) is 7.87. The third-order valence-corrected chi connectivity index (χ3v) is 5.08. The van der Waals surface area contributed by atoms with Crippen LogP contribution in [0.2, 0.25) is 0 Å². The van der Waals surface area contributed by atoms with Crippen molar-refractivity contribution in [2.45, 2.75) is 11.7 Å². The summed E-state index contributed by atoms with van der Waals surface area (Å²) in [4.78, 5) is 13.3. The first-order valence-electron chi connectivity index (χ1n) is 9.42. The van der Waals surface area contributed by atoms with Crippen molar-refractivity contribution in [1.29, 1.82) is 0 Å². The summed E-state index contributed by atoms with van der Waals surface area (Å²) in [7, 11) is 1.74. The molecule has 4 heteroatoms. The molecule has 0 bridgehead atoms. The van der Waals surface area contributed by atoms with Gasteiger partial charge >= 0.3 is 6.09 Å². The van der Waals surface area contributed by atoms with E-state index in [0.717, 1.165) is 16.7 Å². The highest BCUT2D eigenvalue weighted by Crippen LogP contribution is 2.40. The predicted molar refractivity (Wildman–Crippen MR) is 108 cm³/mol. The Morgan fingerprint density at radius 3 is 1.64 bits per heavy atom. The first-order chi connectivity index (χ1) is 13.7. The van der Waals surface area contributed by atoms with E-state index in [2.05, 4.69) is 36.4 Å². The topological polar surface area (TPSA) is 38.8 Å². The Bertz CT molecular complexity index is 816. The van der Waals surface area contributed by atoms with Crippen LogP contribution in [0.15, 0.2) is 91.0 Å². The standard InChI is InChI=1S/C24H23NO3/c1-25-17-22(28-23(25)26)18-27-24(19-11-5-2-6-12-19,20-13-7-3-8-14-20)21-15-9-4-10-16-21/h2-16,22H,17-18H2,1H3/t22-/m1/s1. The van der Waals surface area contributed by atoms with E-state index in [1.807, 2.05) is 54.6 Å². The van der Waals surface area contributed by atoms with Gasteiger partial charge in [-0.25, -0.2) is 4.79 Å². The van der Waals surface area contributed by atoms with Crippen LogP contribution in [0.3, 0.4) is 0 Å². The number of benzene rings is 3. The molecule has 1 amide bonds. The van der Waals surface area contributed by atoms with E-state index < -0.39 is 5.60 Å². The van der Waals surface area contributed by atoms with E-state index in [1.165, 1.54) is 0 Å². The highest BCUT2D eigenvalue weighted by Gasteiger charge is 2.39. The fourth-order valence-electron chi connectivity index (χ4n) is 3.72. The molecule has 0 spiro atoms. The van der Waals surface area contributed by atoms with Crippen molar-refractivity contribution >= 4 is 6.09 Å². The quantitative estimate of drug-likeness (QED) is 0.600. The monoisotopic (exact) mass is 373 g/mol. The molecule has 1 fully saturated rings. The first kappa shape index (κ1) is 18.3. The number of likely N-dealkylation sites (N-methyl/N-ethyl adjacent to an activating group) is 1. The SMILES string of the molecule is CN1C[C@H](COC(c2ccccc2)(c2ccccc2)c2ccccc2)OC1=O. The molecule has 3 aromatic rings. The van der Waals surface area contributed by atoms with Gasteiger partial charge in [0.2, 0.25) is 0 Å². The van der Waals surface area contributed by atoms with Gasteiger partial charge in [0.15, 0.2) is 0 Å². The number of carbonyl (C=O) groups is 1. The number of carbonyl (C=O) groups excluding carboxylic acids is 1. The minimum atomic E-state index is -0.794. The van der Waals surface area contributed by atoms with Crippen LogP contribution >= 0.6 is 0 Å². The van der Waals surface area contributed by atoms with Crippen LogP contribution in [0, 0.1) is 0 Å². The number of cyclic esters (lactones) is 1. The van der Waals surface area contributed by atoms with Gasteiger partial charge in [-0.05, 0) is 16.7 Å². The van der Waals surface area contributed by atoms with E-state index in [0.29, 0.717) is 13.2 Å². The third-order valence-electron chi connectivity index (χ3n) is 5.08. The number of nitrogens with zero attached hydrogens (tertiary/aromatic N) is 1. The number of hydrogen-bond acceptors (Lipinski definition) is 3. The summed E-state index contributed by atoms with van der Waals surface area (Å²) in [5.41, 5.74) is 2.30. The highest BCUT2D eigenvalue weighted by atomic mass is 16.6. The van der Waals surface area contributed by atoms with Crippen LogP contribution < -0.4 is 0 Å². The Balaban J connectivity index is 1.80. The summed E-state index contributed by atoms with van der Waals surface area (Å²) in [6, 6.07) is 30.6. The lowest BCUT2D eigenvalue weighted by Crippen LogP contribution is -2.36. The maximum atomic E-state index is 11.8. The predicted octanol–water partition coefficient (Wildman–Crippen LogP) is 4.45. The Morgan fingerprint density at radius 2 is 1.29 bits per heavy atom. The molecule has 0 aliphatic carbocycles. The molecule has 0 aromatic heterocycles. The van der Waals surface area contributed by atoms with E-state index in [-0.39, 0.29) is 12.2 Å². The second-order valence-corrected chi connectivity index (χ2v) is 6.98. The van der Waals surface area contributed by atoms with Gasteiger partial charge in [0.1, 0.15) is 11.7 Å². The Morgan fingerprint density at radius 1 is 0.857 bits per heavy atom. The van der Waals surface area contributed by atoms with E-state index >= 15 is 0 Å². The minimum Gasteiger partial charge on any atom is -0.442 e. The van der Waals surface area contributed by atoms with E-state index in [4.69, 9.17) is 9.47 Å². The molecule has 0 N–H and O–H groups in total. The molecule has 1 heterocycles. The van der Waals surface area contributed by atoms with E-state index in [9.17, 15) is 4.79 Å². The summed E-state index contributed by atoms with van der Waals surface area (Å²) in [5, 5.41) is 0. The van der Waals surface area contributed by atoms with Gasteiger partial charge in [0, 0.05) is 7.05 Å². The highest BCUT2D eigenvalue weighted by molar-refractivity contribution is 5.69. The normalized spacial score (nSPS) is 16.8. The summed E-state index contributed by atoms with van der Waals surface area (Å²) >= 11 is 0. The molecule has 28 heavy (non-hydrogen) atoms. The van der Waals surface area contributed by atoms with Gasteiger partial charge in [-0.15, -0.1) is 0 Å². The van der Waals surface area contributed by atoms with Gasteiger partial charge in [-0.3, -0.25) is 0 Å². The fraction of sp³-hybridized carbons (Fsp3) is 0.208. The molecule has 1 saturated heterocycles. The van der Waals surface area contributed by atoms with Gasteiger partial charge in [0.25, 0.3) is 0 Å². The third kappa shape index (κ3) is 3.39. The van der Waals surface area contributed by atoms with Crippen molar-refractivity contribution in [3.8, 4) is 0 Å². The van der Waals surface area contributed by atoms with Crippen molar-refractivity contribution in [2.75, 3.05) is 20.2 Å². The molecule has 1 aliphatic heterocycles.